The van der Waals surface area contributed by atoms with Gasteiger partial charge in [-0.25, -0.2) is 0 Å². The van der Waals surface area contributed by atoms with Gasteiger partial charge in [0.05, 0.1) is 10.7 Å². The molecular weight excluding hydrogens is 316 g/mol. The molecule has 0 amide bonds. The smallest absolute Gasteiger partial charge is 0.0640 e. The molecule has 1 saturated carbocycles. The van der Waals surface area contributed by atoms with Gasteiger partial charge < -0.3 is 10.6 Å². The topological polar surface area (TPSA) is 24.1 Å². The first-order valence-corrected chi connectivity index (χ1v) is 9.35. The predicted octanol–water partition coefficient (Wildman–Crippen LogP) is 5.05. The molecule has 0 aromatic heterocycles. The standard InChI is InChI=1S/C21H27ClN2/c1-2-3-4-5-6-12-21(13-14-21)24-20-18-8-7-15-23-16-11-17(18)9-10-19(20)22/h2-6,9-10,23-24H,1,7-8,11-16H2/b4-3-,6-5-. The molecule has 2 nitrogen and oxygen atoms in total. The molecule has 0 unspecified atom stereocenters. The van der Waals surface area contributed by atoms with Gasteiger partial charge >= 0.3 is 0 Å². The lowest BCUT2D eigenvalue weighted by Crippen LogP contribution is -2.25. The van der Waals surface area contributed by atoms with E-state index in [-0.39, 0.29) is 5.54 Å². The molecule has 1 aliphatic heterocycles. The van der Waals surface area contributed by atoms with E-state index in [0.717, 1.165) is 37.4 Å². The molecule has 0 atom stereocenters. The fraction of sp³-hybridized carbons (Fsp3) is 0.429. The van der Waals surface area contributed by atoms with E-state index in [1.165, 1.54) is 36.1 Å². The molecule has 1 heterocycles. The summed E-state index contributed by atoms with van der Waals surface area (Å²) in [7, 11) is 0. The van der Waals surface area contributed by atoms with E-state index in [4.69, 9.17) is 11.6 Å². The first kappa shape index (κ1) is 17.3. The zero-order valence-corrected chi connectivity index (χ0v) is 15.0. The van der Waals surface area contributed by atoms with Crippen LogP contribution >= 0.6 is 11.6 Å². The average molecular weight is 343 g/mol. The lowest BCUT2D eigenvalue weighted by atomic mass is 9.96. The molecule has 2 aliphatic rings. The second-order valence-electron chi connectivity index (χ2n) is 6.82. The van der Waals surface area contributed by atoms with E-state index in [9.17, 15) is 0 Å². The van der Waals surface area contributed by atoms with Crippen molar-refractivity contribution in [2.75, 3.05) is 18.4 Å². The minimum Gasteiger partial charge on any atom is -0.378 e. The number of allylic oxidation sites excluding steroid dienone is 4. The lowest BCUT2D eigenvalue weighted by molar-refractivity contribution is 0.625. The van der Waals surface area contributed by atoms with Crippen molar-refractivity contribution >= 4 is 17.3 Å². The van der Waals surface area contributed by atoms with Crippen molar-refractivity contribution in [1.82, 2.24) is 5.32 Å². The van der Waals surface area contributed by atoms with Crippen molar-refractivity contribution in [3.8, 4) is 0 Å². The third kappa shape index (κ3) is 4.31. The van der Waals surface area contributed by atoms with Crippen molar-refractivity contribution in [2.45, 2.75) is 44.1 Å². The highest BCUT2D eigenvalue weighted by Crippen LogP contribution is 2.45. The quantitative estimate of drug-likeness (QED) is 0.707. The van der Waals surface area contributed by atoms with Crippen LogP contribution in [-0.2, 0) is 12.8 Å². The zero-order chi connectivity index (χ0) is 16.8. The Labute approximate surface area is 150 Å². The highest BCUT2D eigenvalue weighted by molar-refractivity contribution is 6.33. The van der Waals surface area contributed by atoms with Crippen molar-refractivity contribution in [3.63, 3.8) is 0 Å². The number of nitrogens with one attached hydrogen (secondary N) is 2. The molecule has 0 radical (unpaired) electrons. The summed E-state index contributed by atoms with van der Waals surface area (Å²) in [4.78, 5) is 0. The fourth-order valence-corrected chi connectivity index (χ4v) is 3.59. The molecular formula is C21H27ClN2. The van der Waals surface area contributed by atoms with Gasteiger partial charge in [0.1, 0.15) is 0 Å². The number of anilines is 1. The van der Waals surface area contributed by atoms with Crippen LogP contribution in [-0.4, -0.2) is 18.6 Å². The number of rotatable bonds is 6. The summed E-state index contributed by atoms with van der Waals surface area (Å²) < 4.78 is 0. The van der Waals surface area contributed by atoms with Gasteiger partial charge in [-0.15, -0.1) is 0 Å². The Morgan fingerprint density at radius 2 is 2.04 bits per heavy atom. The van der Waals surface area contributed by atoms with E-state index >= 15 is 0 Å². The fourth-order valence-electron chi connectivity index (χ4n) is 3.37. The molecule has 0 saturated heterocycles. The Kier molecular flexibility index (Phi) is 5.80. The summed E-state index contributed by atoms with van der Waals surface area (Å²) in [6.45, 7) is 5.83. The van der Waals surface area contributed by atoms with Gasteiger partial charge in [-0.2, -0.15) is 0 Å². The van der Waals surface area contributed by atoms with Crippen LogP contribution in [0.1, 0.15) is 36.8 Å². The first-order chi connectivity index (χ1) is 11.7. The SMILES string of the molecule is C=C/C=C\C=C/CC1(Nc2c(Cl)ccc3c2CCCNCC3)CC1. The monoisotopic (exact) mass is 342 g/mol. The lowest BCUT2D eigenvalue weighted by Gasteiger charge is -2.24. The Hall–Kier alpha value is -1.51. The van der Waals surface area contributed by atoms with Crippen LogP contribution in [0.25, 0.3) is 0 Å². The summed E-state index contributed by atoms with van der Waals surface area (Å²) in [5, 5.41) is 8.17. The molecule has 0 spiro atoms. The van der Waals surface area contributed by atoms with Crippen LogP contribution in [0, 0.1) is 0 Å². The first-order valence-electron chi connectivity index (χ1n) is 8.97. The molecule has 1 fully saturated rings. The number of hydrogen-bond donors (Lipinski definition) is 2. The summed E-state index contributed by atoms with van der Waals surface area (Å²) in [5.41, 5.74) is 4.25. The molecule has 3 rings (SSSR count). The van der Waals surface area contributed by atoms with Gasteiger partial charge in [0.15, 0.2) is 0 Å². The molecule has 2 N–H and O–H groups in total. The summed E-state index contributed by atoms with van der Waals surface area (Å²) >= 11 is 6.57. The second kappa shape index (κ2) is 8.04. The maximum absolute atomic E-state index is 6.57. The van der Waals surface area contributed by atoms with E-state index < -0.39 is 0 Å². The van der Waals surface area contributed by atoms with Gasteiger partial charge in [0.25, 0.3) is 0 Å². The third-order valence-electron chi connectivity index (χ3n) is 4.96. The van der Waals surface area contributed by atoms with Gasteiger partial charge in [0.2, 0.25) is 0 Å². The Balaban J connectivity index is 1.76. The summed E-state index contributed by atoms with van der Waals surface area (Å²) in [6.07, 6.45) is 16.9. The van der Waals surface area contributed by atoms with E-state index in [2.05, 4.69) is 41.5 Å². The summed E-state index contributed by atoms with van der Waals surface area (Å²) in [5.74, 6) is 0. The van der Waals surface area contributed by atoms with E-state index in [0.29, 0.717) is 0 Å². The van der Waals surface area contributed by atoms with Crippen molar-refractivity contribution in [1.29, 1.82) is 0 Å². The van der Waals surface area contributed by atoms with Crippen LogP contribution in [0.2, 0.25) is 5.02 Å². The molecule has 1 aromatic rings. The van der Waals surface area contributed by atoms with Crippen LogP contribution in [0.15, 0.2) is 49.1 Å². The number of benzene rings is 1. The normalized spacial score (nSPS) is 19.7. The maximum atomic E-state index is 6.57. The van der Waals surface area contributed by atoms with E-state index in [1.54, 1.807) is 6.08 Å². The number of halogens is 1. The predicted molar refractivity (Wildman–Crippen MR) is 105 cm³/mol. The Morgan fingerprint density at radius 1 is 1.17 bits per heavy atom. The zero-order valence-electron chi connectivity index (χ0n) is 14.3. The van der Waals surface area contributed by atoms with Gasteiger partial charge in [-0.05, 0) is 68.8 Å². The molecule has 128 valence electrons. The van der Waals surface area contributed by atoms with Crippen LogP contribution in [0.4, 0.5) is 5.69 Å². The minimum absolute atomic E-state index is 0.192. The van der Waals surface area contributed by atoms with Crippen molar-refractivity contribution < 1.29 is 0 Å². The van der Waals surface area contributed by atoms with Gasteiger partial charge in [-0.1, -0.05) is 54.6 Å². The Bertz CT molecular complexity index is 641. The van der Waals surface area contributed by atoms with E-state index in [1.807, 2.05) is 12.2 Å². The van der Waals surface area contributed by atoms with Gasteiger partial charge in [-0.3, -0.25) is 0 Å². The van der Waals surface area contributed by atoms with Crippen molar-refractivity contribution in [2.24, 2.45) is 0 Å². The third-order valence-corrected chi connectivity index (χ3v) is 5.27. The van der Waals surface area contributed by atoms with Gasteiger partial charge in [0, 0.05) is 5.54 Å². The van der Waals surface area contributed by atoms with Crippen LogP contribution < -0.4 is 10.6 Å². The van der Waals surface area contributed by atoms with Crippen molar-refractivity contribution in [3.05, 3.63) is 65.2 Å². The van der Waals surface area contributed by atoms with Crippen LogP contribution in [0.5, 0.6) is 0 Å². The highest BCUT2D eigenvalue weighted by Gasteiger charge is 2.42. The largest absolute Gasteiger partial charge is 0.378 e. The highest BCUT2D eigenvalue weighted by atomic mass is 35.5. The second-order valence-corrected chi connectivity index (χ2v) is 7.23. The molecule has 1 aliphatic carbocycles. The molecule has 24 heavy (non-hydrogen) atoms. The summed E-state index contributed by atoms with van der Waals surface area (Å²) in [6, 6.07) is 4.26. The molecule has 0 bridgehead atoms. The number of hydrogen-bond acceptors (Lipinski definition) is 2. The number of fused-ring (bicyclic) bond motifs is 1. The minimum atomic E-state index is 0.192. The average Bonchev–Trinajstić information content (AvgIpc) is 3.31. The maximum Gasteiger partial charge on any atom is 0.0640 e. The molecule has 1 aromatic carbocycles. The molecule has 3 heteroatoms. The van der Waals surface area contributed by atoms with Crippen LogP contribution in [0.3, 0.4) is 0 Å². The Morgan fingerprint density at radius 3 is 2.83 bits per heavy atom.